The second kappa shape index (κ2) is 5.94. The summed E-state index contributed by atoms with van der Waals surface area (Å²) in [4.78, 5) is 19.3. The van der Waals surface area contributed by atoms with Crippen LogP contribution in [0.5, 0.6) is 0 Å². The molecule has 0 fully saturated rings. The fraction of sp³-hybridized carbons (Fsp3) is 0.250. The third kappa shape index (κ3) is 2.54. The van der Waals surface area contributed by atoms with Crippen LogP contribution in [0.3, 0.4) is 0 Å². The first-order valence-electron chi connectivity index (χ1n) is 6.84. The van der Waals surface area contributed by atoms with E-state index >= 15 is 0 Å². The summed E-state index contributed by atoms with van der Waals surface area (Å²) in [5, 5.41) is 1.28. The number of nitrogens with one attached hydrogen (secondary N) is 1. The number of esters is 1. The third-order valence-electron chi connectivity index (χ3n) is 3.62. The Hall–Kier alpha value is -2.51. The number of benzene rings is 1. The Morgan fingerprint density at radius 1 is 1.17 bits per heavy atom. The molecular formula is C16H15FN2O4. The van der Waals surface area contributed by atoms with Crippen molar-refractivity contribution in [1.82, 2.24) is 9.97 Å². The number of hydrogen-bond donors (Lipinski definition) is 1. The highest BCUT2D eigenvalue weighted by Gasteiger charge is 2.22. The van der Waals surface area contributed by atoms with E-state index in [2.05, 4.69) is 9.97 Å². The van der Waals surface area contributed by atoms with Gasteiger partial charge in [-0.2, -0.15) is 0 Å². The summed E-state index contributed by atoms with van der Waals surface area (Å²) >= 11 is 0. The fourth-order valence-corrected chi connectivity index (χ4v) is 2.59. The highest BCUT2D eigenvalue weighted by Crippen LogP contribution is 2.32. The van der Waals surface area contributed by atoms with E-state index in [-0.39, 0.29) is 11.5 Å². The molecule has 0 unspecified atom stereocenters. The van der Waals surface area contributed by atoms with Gasteiger partial charge in [-0.05, 0) is 24.3 Å². The SMILES string of the molecule is COC(=O)c1cc2c([nH]c3ccc(F)cc32)c(C(OC)OC)n1. The number of pyridine rings is 1. The minimum Gasteiger partial charge on any atom is -0.464 e. The van der Waals surface area contributed by atoms with Gasteiger partial charge in [0.1, 0.15) is 17.2 Å². The molecule has 1 aromatic carbocycles. The van der Waals surface area contributed by atoms with Gasteiger partial charge in [0, 0.05) is 30.5 Å². The highest BCUT2D eigenvalue weighted by molar-refractivity contribution is 6.09. The van der Waals surface area contributed by atoms with E-state index in [9.17, 15) is 9.18 Å². The normalized spacial score (nSPS) is 11.5. The van der Waals surface area contributed by atoms with Crippen molar-refractivity contribution in [3.8, 4) is 0 Å². The molecule has 120 valence electrons. The zero-order valence-corrected chi connectivity index (χ0v) is 12.8. The number of H-pyrrole nitrogens is 1. The monoisotopic (exact) mass is 318 g/mol. The third-order valence-corrected chi connectivity index (χ3v) is 3.62. The van der Waals surface area contributed by atoms with E-state index in [1.807, 2.05) is 0 Å². The lowest BCUT2D eigenvalue weighted by atomic mass is 10.1. The summed E-state index contributed by atoms with van der Waals surface area (Å²) in [7, 11) is 4.20. The fourth-order valence-electron chi connectivity index (χ4n) is 2.59. The van der Waals surface area contributed by atoms with E-state index in [1.54, 1.807) is 12.1 Å². The van der Waals surface area contributed by atoms with Gasteiger partial charge in [-0.1, -0.05) is 0 Å². The van der Waals surface area contributed by atoms with Crippen molar-refractivity contribution in [1.29, 1.82) is 0 Å². The maximum absolute atomic E-state index is 13.6. The quantitative estimate of drug-likeness (QED) is 0.591. The lowest BCUT2D eigenvalue weighted by molar-refractivity contribution is -0.107. The minimum absolute atomic E-state index is 0.0965. The van der Waals surface area contributed by atoms with Gasteiger partial charge in [0.15, 0.2) is 0 Å². The van der Waals surface area contributed by atoms with E-state index in [0.717, 1.165) is 5.52 Å². The Balaban J connectivity index is 2.39. The lowest BCUT2D eigenvalue weighted by Gasteiger charge is -2.14. The topological polar surface area (TPSA) is 73.4 Å². The predicted molar refractivity (Wildman–Crippen MR) is 81.7 cm³/mol. The first kappa shape index (κ1) is 15.4. The van der Waals surface area contributed by atoms with Crippen molar-refractivity contribution in [2.75, 3.05) is 21.3 Å². The number of rotatable bonds is 4. The number of fused-ring (bicyclic) bond motifs is 3. The molecule has 23 heavy (non-hydrogen) atoms. The Morgan fingerprint density at radius 2 is 1.91 bits per heavy atom. The number of carbonyl (C=O) groups excluding carboxylic acids is 1. The summed E-state index contributed by atoms with van der Waals surface area (Å²) in [5.41, 5.74) is 1.83. The van der Waals surface area contributed by atoms with Crippen molar-refractivity contribution in [3.05, 3.63) is 41.5 Å². The standard InChI is InChI=1S/C16H15FN2O4/c1-21-15(20)12-7-10-9-6-8(17)4-5-11(9)18-13(10)14(19-12)16(22-2)23-3/h4-7,16,18H,1-3H3. The number of nitrogens with zero attached hydrogens (tertiary/aromatic N) is 1. The Labute approximate surface area is 131 Å². The van der Waals surface area contributed by atoms with Crippen LogP contribution in [0.25, 0.3) is 21.8 Å². The Kier molecular flexibility index (Phi) is 3.97. The molecule has 0 amide bonds. The first-order valence-corrected chi connectivity index (χ1v) is 6.84. The molecule has 0 saturated carbocycles. The van der Waals surface area contributed by atoms with Gasteiger partial charge in [0.25, 0.3) is 0 Å². The number of halogens is 1. The van der Waals surface area contributed by atoms with Crippen molar-refractivity contribution in [3.63, 3.8) is 0 Å². The summed E-state index contributed by atoms with van der Waals surface area (Å²) in [6, 6.07) is 5.94. The molecule has 1 N–H and O–H groups in total. The van der Waals surface area contributed by atoms with Crippen LogP contribution < -0.4 is 0 Å². The van der Waals surface area contributed by atoms with Crippen LogP contribution in [0.15, 0.2) is 24.3 Å². The summed E-state index contributed by atoms with van der Waals surface area (Å²) in [6.07, 6.45) is -0.778. The maximum atomic E-state index is 13.6. The van der Waals surface area contributed by atoms with Gasteiger partial charge in [-0.25, -0.2) is 14.2 Å². The number of hydrogen-bond acceptors (Lipinski definition) is 5. The van der Waals surface area contributed by atoms with Gasteiger partial charge in [0.2, 0.25) is 6.29 Å². The van der Waals surface area contributed by atoms with Gasteiger partial charge in [-0.15, -0.1) is 0 Å². The molecule has 3 rings (SSSR count). The molecule has 0 aliphatic heterocycles. The molecule has 0 radical (unpaired) electrons. The number of aromatic nitrogens is 2. The van der Waals surface area contributed by atoms with Crippen molar-refractivity contribution in [2.45, 2.75) is 6.29 Å². The molecule has 2 aromatic heterocycles. The highest BCUT2D eigenvalue weighted by atomic mass is 19.1. The molecule has 6 nitrogen and oxygen atoms in total. The Morgan fingerprint density at radius 3 is 2.57 bits per heavy atom. The van der Waals surface area contributed by atoms with Crippen molar-refractivity contribution < 1.29 is 23.4 Å². The van der Waals surface area contributed by atoms with Gasteiger partial charge >= 0.3 is 5.97 Å². The largest absolute Gasteiger partial charge is 0.464 e. The second-order valence-corrected chi connectivity index (χ2v) is 4.93. The Bertz CT molecular complexity index is 887. The smallest absolute Gasteiger partial charge is 0.356 e. The van der Waals surface area contributed by atoms with E-state index in [4.69, 9.17) is 14.2 Å². The van der Waals surface area contributed by atoms with Crippen LogP contribution in [0.2, 0.25) is 0 Å². The molecular weight excluding hydrogens is 303 g/mol. The molecule has 3 aromatic rings. The number of carbonyl (C=O) groups is 1. The molecule has 0 aliphatic carbocycles. The van der Waals surface area contributed by atoms with Gasteiger partial charge < -0.3 is 19.2 Å². The van der Waals surface area contributed by atoms with Crippen LogP contribution >= 0.6 is 0 Å². The maximum Gasteiger partial charge on any atom is 0.356 e. The van der Waals surface area contributed by atoms with Crippen molar-refractivity contribution in [2.24, 2.45) is 0 Å². The average Bonchev–Trinajstić information content (AvgIpc) is 2.93. The zero-order chi connectivity index (χ0) is 16.6. The number of ether oxygens (including phenoxy) is 3. The van der Waals surface area contributed by atoms with Crippen LogP contribution in [-0.2, 0) is 14.2 Å². The van der Waals surface area contributed by atoms with Crippen LogP contribution in [0, 0.1) is 5.82 Å². The molecule has 0 bridgehead atoms. The predicted octanol–water partition coefficient (Wildman–Crippen LogP) is 2.93. The summed E-state index contributed by atoms with van der Waals surface area (Å²) in [5.74, 6) is -0.962. The summed E-state index contributed by atoms with van der Waals surface area (Å²) in [6.45, 7) is 0. The minimum atomic E-state index is -0.778. The van der Waals surface area contributed by atoms with Crippen LogP contribution in [0.4, 0.5) is 4.39 Å². The molecule has 7 heteroatoms. The van der Waals surface area contributed by atoms with Gasteiger partial charge in [-0.3, -0.25) is 0 Å². The van der Waals surface area contributed by atoms with Crippen LogP contribution in [0.1, 0.15) is 22.5 Å². The molecule has 0 spiro atoms. The van der Waals surface area contributed by atoms with E-state index in [0.29, 0.717) is 22.0 Å². The lowest BCUT2D eigenvalue weighted by Crippen LogP contribution is -2.12. The molecule has 0 saturated heterocycles. The molecule has 0 aliphatic rings. The number of methoxy groups -OCH3 is 3. The second-order valence-electron chi connectivity index (χ2n) is 4.93. The molecule has 2 heterocycles. The first-order chi connectivity index (χ1) is 11.1. The zero-order valence-electron chi connectivity index (χ0n) is 12.8. The number of aromatic amines is 1. The summed E-state index contributed by atoms with van der Waals surface area (Å²) < 4.78 is 28.8. The molecule has 0 atom stereocenters. The van der Waals surface area contributed by atoms with E-state index < -0.39 is 12.3 Å². The average molecular weight is 318 g/mol. The van der Waals surface area contributed by atoms with Crippen LogP contribution in [-0.4, -0.2) is 37.3 Å². The van der Waals surface area contributed by atoms with Crippen molar-refractivity contribution >= 4 is 27.8 Å². The van der Waals surface area contributed by atoms with Gasteiger partial charge in [0.05, 0.1) is 12.6 Å². The van der Waals surface area contributed by atoms with E-state index in [1.165, 1.54) is 33.5 Å².